The van der Waals surface area contributed by atoms with Gasteiger partial charge < -0.3 is 5.11 Å². The van der Waals surface area contributed by atoms with E-state index >= 15 is 0 Å². The molecule has 0 aliphatic heterocycles. The minimum Gasteiger partial charge on any atom is -0.392 e. The summed E-state index contributed by atoms with van der Waals surface area (Å²) in [6, 6.07) is 4.06. The molecule has 0 saturated carbocycles. The standard InChI is InChI=1S/C12H15N3O/c1-9(2)15-12(4-6-14-15)11-7-13-5-3-10(11)8-16/h3-7,9,16H,8H2,1-2H3. The van der Waals surface area contributed by atoms with Gasteiger partial charge in [-0.3, -0.25) is 9.67 Å². The van der Waals surface area contributed by atoms with Crippen LogP contribution in [0.25, 0.3) is 11.3 Å². The summed E-state index contributed by atoms with van der Waals surface area (Å²) in [6.45, 7) is 4.16. The topological polar surface area (TPSA) is 50.9 Å². The van der Waals surface area contributed by atoms with E-state index in [1.165, 1.54) is 0 Å². The second-order valence-electron chi connectivity index (χ2n) is 3.95. The molecule has 2 heterocycles. The highest BCUT2D eigenvalue weighted by atomic mass is 16.3. The van der Waals surface area contributed by atoms with Crippen LogP contribution >= 0.6 is 0 Å². The van der Waals surface area contributed by atoms with Crippen molar-refractivity contribution >= 4 is 0 Å². The number of nitrogens with zero attached hydrogens (tertiary/aromatic N) is 3. The molecule has 0 amide bonds. The maximum atomic E-state index is 9.29. The van der Waals surface area contributed by atoms with Crippen molar-refractivity contribution in [3.63, 3.8) is 0 Å². The number of aromatic nitrogens is 3. The number of rotatable bonds is 3. The molecule has 0 aliphatic carbocycles. The molecule has 84 valence electrons. The predicted octanol–water partition coefficient (Wildman–Crippen LogP) is 2.02. The van der Waals surface area contributed by atoms with Crippen LogP contribution in [0.1, 0.15) is 25.5 Å². The molecule has 0 unspecified atom stereocenters. The Morgan fingerprint density at radius 1 is 1.31 bits per heavy atom. The number of pyridine rings is 1. The Hall–Kier alpha value is -1.68. The third-order valence-corrected chi connectivity index (χ3v) is 2.52. The van der Waals surface area contributed by atoms with Gasteiger partial charge in [-0.1, -0.05) is 0 Å². The fraction of sp³-hybridized carbons (Fsp3) is 0.333. The SMILES string of the molecule is CC(C)n1nccc1-c1cnccc1CO. The van der Waals surface area contributed by atoms with Gasteiger partial charge in [0.05, 0.1) is 12.3 Å². The largest absolute Gasteiger partial charge is 0.392 e. The van der Waals surface area contributed by atoms with Gasteiger partial charge in [-0.2, -0.15) is 5.10 Å². The molecule has 0 radical (unpaired) electrons. The van der Waals surface area contributed by atoms with E-state index in [2.05, 4.69) is 23.9 Å². The van der Waals surface area contributed by atoms with E-state index in [9.17, 15) is 5.11 Å². The molecule has 2 rings (SSSR count). The summed E-state index contributed by atoms with van der Waals surface area (Å²) < 4.78 is 1.93. The molecule has 16 heavy (non-hydrogen) atoms. The second kappa shape index (κ2) is 4.45. The predicted molar refractivity (Wildman–Crippen MR) is 61.8 cm³/mol. The quantitative estimate of drug-likeness (QED) is 0.855. The molecule has 0 bridgehead atoms. The third-order valence-electron chi connectivity index (χ3n) is 2.52. The molecule has 0 spiro atoms. The Labute approximate surface area is 94.6 Å². The minimum absolute atomic E-state index is 0.0150. The third kappa shape index (κ3) is 1.84. The summed E-state index contributed by atoms with van der Waals surface area (Å²) in [5.74, 6) is 0. The van der Waals surface area contributed by atoms with Crippen molar-refractivity contribution in [2.24, 2.45) is 0 Å². The van der Waals surface area contributed by atoms with E-state index < -0.39 is 0 Å². The number of aliphatic hydroxyl groups excluding tert-OH is 1. The molecule has 0 aromatic carbocycles. The maximum Gasteiger partial charge on any atom is 0.0704 e. The van der Waals surface area contributed by atoms with Gasteiger partial charge in [0.15, 0.2) is 0 Å². The van der Waals surface area contributed by atoms with Gasteiger partial charge in [0.1, 0.15) is 0 Å². The molecular formula is C12H15N3O. The van der Waals surface area contributed by atoms with Crippen LogP contribution in [0.15, 0.2) is 30.7 Å². The Balaban J connectivity index is 2.54. The summed E-state index contributed by atoms with van der Waals surface area (Å²) in [4.78, 5) is 4.10. The smallest absolute Gasteiger partial charge is 0.0704 e. The maximum absolute atomic E-state index is 9.29. The van der Waals surface area contributed by atoms with Crippen molar-refractivity contribution < 1.29 is 5.11 Å². The zero-order chi connectivity index (χ0) is 11.5. The van der Waals surface area contributed by atoms with Crippen LogP contribution in [0.5, 0.6) is 0 Å². The summed E-state index contributed by atoms with van der Waals surface area (Å²) >= 11 is 0. The van der Waals surface area contributed by atoms with Gasteiger partial charge in [0.25, 0.3) is 0 Å². The van der Waals surface area contributed by atoms with E-state index in [0.717, 1.165) is 16.8 Å². The normalized spacial score (nSPS) is 11.0. The lowest BCUT2D eigenvalue weighted by Crippen LogP contribution is -2.05. The Kier molecular flexibility index (Phi) is 3.01. The van der Waals surface area contributed by atoms with Crippen LogP contribution in [0.3, 0.4) is 0 Å². The fourth-order valence-electron chi connectivity index (χ4n) is 1.73. The Morgan fingerprint density at radius 2 is 2.12 bits per heavy atom. The lowest BCUT2D eigenvalue weighted by Gasteiger charge is -2.12. The van der Waals surface area contributed by atoms with Crippen molar-refractivity contribution in [2.45, 2.75) is 26.5 Å². The van der Waals surface area contributed by atoms with Crippen molar-refractivity contribution in [1.82, 2.24) is 14.8 Å². The molecule has 0 fully saturated rings. The van der Waals surface area contributed by atoms with Crippen LogP contribution in [-0.2, 0) is 6.61 Å². The number of hydrogen-bond donors (Lipinski definition) is 1. The van der Waals surface area contributed by atoms with Crippen molar-refractivity contribution in [2.75, 3.05) is 0 Å². The van der Waals surface area contributed by atoms with E-state index in [0.29, 0.717) is 0 Å². The average Bonchev–Trinajstić information content (AvgIpc) is 2.77. The zero-order valence-corrected chi connectivity index (χ0v) is 9.46. The van der Waals surface area contributed by atoms with Crippen LogP contribution in [0.2, 0.25) is 0 Å². The first-order chi connectivity index (χ1) is 7.74. The highest BCUT2D eigenvalue weighted by Crippen LogP contribution is 2.24. The number of aliphatic hydroxyl groups is 1. The van der Waals surface area contributed by atoms with Crippen LogP contribution in [-0.4, -0.2) is 19.9 Å². The minimum atomic E-state index is 0.0150. The van der Waals surface area contributed by atoms with E-state index in [1.807, 2.05) is 16.8 Å². The number of hydrogen-bond acceptors (Lipinski definition) is 3. The lowest BCUT2D eigenvalue weighted by atomic mass is 10.1. The molecule has 0 aliphatic rings. The second-order valence-corrected chi connectivity index (χ2v) is 3.95. The van der Waals surface area contributed by atoms with Crippen molar-refractivity contribution in [3.05, 3.63) is 36.3 Å². The van der Waals surface area contributed by atoms with Gasteiger partial charge in [0, 0.05) is 30.2 Å². The monoisotopic (exact) mass is 217 g/mol. The molecule has 4 nitrogen and oxygen atoms in total. The zero-order valence-electron chi connectivity index (χ0n) is 9.46. The average molecular weight is 217 g/mol. The molecule has 0 atom stereocenters. The van der Waals surface area contributed by atoms with Gasteiger partial charge >= 0.3 is 0 Å². The van der Waals surface area contributed by atoms with E-state index in [4.69, 9.17) is 0 Å². The molecule has 1 N–H and O–H groups in total. The van der Waals surface area contributed by atoms with Crippen LogP contribution in [0.4, 0.5) is 0 Å². The molecule has 0 saturated heterocycles. The molecule has 4 heteroatoms. The first-order valence-corrected chi connectivity index (χ1v) is 5.31. The highest BCUT2D eigenvalue weighted by molar-refractivity contribution is 5.62. The Morgan fingerprint density at radius 3 is 2.81 bits per heavy atom. The van der Waals surface area contributed by atoms with Gasteiger partial charge in [0.2, 0.25) is 0 Å². The van der Waals surface area contributed by atoms with Crippen molar-refractivity contribution in [3.8, 4) is 11.3 Å². The fourth-order valence-corrected chi connectivity index (χ4v) is 1.73. The Bertz CT molecular complexity index is 477. The first kappa shape index (κ1) is 10.8. The summed E-state index contributed by atoms with van der Waals surface area (Å²) in [5, 5.41) is 13.6. The summed E-state index contributed by atoms with van der Waals surface area (Å²) in [7, 11) is 0. The first-order valence-electron chi connectivity index (χ1n) is 5.31. The van der Waals surface area contributed by atoms with Crippen molar-refractivity contribution in [1.29, 1.82) is 0 Å². The lowest BCUT2D eigenvalue weighted by molar-refractivity contribution is 0.282. The molecular weight excluding hydrogens is 202 g/mol. The summed E-state index contributed by atoms with van der Waals surface area (Å²) in [6.07, 6.45) is 5.22. The van der Waals surface area contributed by atoms with Crippen LogP contribution in [0, 0.1) is 0 Å². The van der Waals surface area contributed by atoms with E-state index in [-0.39, 0.29) is 12.6 Å². The van der Waals surface area contributed by atoms with Gasteiger partial charge in [-0.25, -0.2) is 0 Å². The summed E-state index contributed by atoms with van der Waals surface area (Å²) in [5.41, 5.74) is 2.81. The highest BCUT2D eigenvalue weighted by Gasteiger charge is 2.11. The molecule has 2 aromatic rings. The van der Waals surface area contributed by atoms with Gasteiger partial charge in [-0.05, 0) is 31.5 Å². The van der Waals surface area contributed by atoms with Gasteiger partial charge in [-0.15, -0.1) is 0 Å². The van der Waals surface area contributed by atoms with E-state index in [1.54, 1.807) is 18.6 Å². The molecule has 2 aromatic heterocycles. The van der Waals surface area contributed by atoms with Crippen LogP contribution < -0.4 is 0 Å².